The SMILES string of the molecule is CC[C@H](OC)[C@@H](C)OC(C)(C)C[C@H](C)/C=C/C=C(\C)[C@H]1O[C@@H](CNC(=O)CCOCCO)CC[C@@H]1C. The molecule has 1 saturated heterocycles. The van der Waals surface area contributed by atoms with Gasteiger partial charge in [0.15, 0.2) is 0 Å². The fraction of sp³-hybridized carbons (Fsp3) is 0.828. The van der Waals surface area contributed by atoms with Crippen LogP contribution in [0.5, 0.6) is 0 Å². The molecule has 0 bridgehead atoms. The van der Waals surface area contributed by atoms with Gasteiger partial charge in [-0.1, -0.05) is 39.0 Å². The Morgan fingerprint density at radius 3 is 2.61 bits per heavy atom. The Kier molecular flexibility index (Phi) is 15.7. The molecule has 2 N–H and O–H groups in total. The number of hydrogen-bond acceptors (Lipinski definition) is 6. The van der Waals surface area contributed by atoms with Crippen LogP contribution in [0.3, 0.4) is 0 Å². The minimum absolute atomic E-state index is 0.0127. The zero-order valence-corrected chi connectivity index (χ0v) is 24.0. The third-order valence-corrected chi connectivity index (χ3v) is 6.83. The number of allylic oxidation sites excluding steroid dienone is 3. The van der Waals surface area contributed by atoms with Crippen LogP contribution in [-0.4, -0.2) is 74.5 Å². The summed E-state index contributed by atoms with van der Waals surface area (Å²) in [6.45, 7) is 16.1. The van der Waals surface area contributed by atoms with E-state index < -0.39 is 0 Å². The van der Waals surface area contributed by atoms with Crippen LogP contribution in [0.4, 0.5) is 0 Å². The smallest absolute Gasteiger partial charge is 0.222 e. The maximum Gasteiger partial charge on any atom is 0.222 e. The Balaban J connectivity index is 2.55. The molecule has 1 rings (SSSR count). The van der Waals surface area contributed by atoms with E-state index in [1.54, 1.807) is 7.11 Å². The van der Waals surface area contributed by atoms with E-state index in [4.69, 9.17) is 24.1 Å². The van der Waals surface area contributed by atoms with Crippen LogP contribution < -0.4 is 5.32 Å². The van der Waals surface area contributed by atoms with Gasteiger partial charge in [-0.05, 0) is 70.8 Å². The third kappa shape index (κ3) is 12.8. The van der Waals surface area contributed by atoms with Crippen LogP contribution in [0.25, 0.3) is 0 Å². The number of methoxy groups -OCH3 is 1. The second kappa shape index (κ2) is 17.3. The van der Waals surface area contributed by atoms with E-state index in [2.05, 4.69) is 72.0 Å². The average molecular weight is 512 g/mol. The van der Waals surface area contributed by atoms with Crippen molar-refractivity contribution >= 4 is 5.91 Å². The molecule has 7 nitrogen and oxygen atoms in total. The molecule has 1 amide bonds. The second-order valence-electron chi connectivity index (χ2n) is 10.9. The highest BCUT2D eigenvalue weighted by Gasteiger charge is 2.30. The summed E-state index contributed by atoms with van der Waals surface area (Å²) >= 11 is 0. The minimum atomic E-state index is -0.239. The molecule has 0 aliphatic carbocycles. The molecular formula is C29H53NO6. The molecule has 0 aromatic rings. The summed E-state index contributed by atoms with van der Waals surface area (Å²) in [4.78, 5) is 12.0. The molecule has 0 radical (unpaired) electrons. The maximum absolute atomic E-state index is 12.0. The molecule has 0 saturated carbocycles. The number of nitrogens with one attached hydrogen (secondary N) is 1. The molecule has 0 unspecified atom stereocenters. The molecule has 6 atom stereocenters. The highest BCUT2D eigenvalue weighted by atomic mass is 16.5. The summed E-state index contributed by atoms with van der Waals surface area (Å²) in [5.41, 5.74) is 0.965. The maximum atomic E-state index is 12.0. The lowest BCUT2D eigenvalue weighted by molar-refractivity contribution is -0.125. The largest absolute Gasteiger partial charge is 0.394 e. The van der Waals surface area contributed by atoms with Crippen molar-refractivity contribution in [3.63, 3.8) is 0 Å². The van der Waals surface area contributed by atoms with Gasteiger partial charge in [0.25, 0.3) is 0 Å². The van der Waals surface area contributed by atoms with Gasteiger partial charge in [-0.15, -0.1) is 0 Å². The van der Waals surface area contributed by atoms with Crippen molar-refractivity contribution in [2.24, 2.45) is 11.8 Å². The van der Waals surface area contributed by atoms with Crippen LogP contribution in [0, 0.1) is 11.8 Å². The number of hydrogen-bond donors (Lipinski definition) is 2. The first kappa shape index (κ1) is 32.8. The number of aliphatic hydroxyl groups excluding tert-OH is 1. The highest BCUT2D eigenvalue weighted by molar-refractivity contribution is 5.75. The Morgan fingerprint density at radius 1 is 1.25 bits per heavy atom. The molecule has 1 aliphatic rings. The minimum Gasteiger partial charge on any atom is -0.394 e. The van der Waals surface area contributed by atoms with Gasteiger partial charge in [-0.2, -0.15) is 0 Å². The Hall–Kier alpha value is -1.25. The molecule has 1 fully saturated rings. The Labute approximate surface area is 220 Å². The predicted molar refractivity (Wildman–Crippen MR) is 145 cm³/mol. The summed E-state index contributed by atoms with van der Waals surface area (Å²) in [7, 11) is 1.74. The zero-order valence-electron chi connectivity index (χ0n) is 24.0. The van der Waals surface area contributed by atoms with Crippen molar-refractivity contribution in [3.05, 3.63) is 23.8 Å². The van der Waals surface area contributed by atoms with E-state index >= 15 is 0 Å². The Bertz CT molecular complexity index is 673. The summed E-state index contributed by atoms with van der Waals surface area (Å²) in [6, 6.07) is 0. The van der Waals surface area contributed by atoms with E-state index in [0.717, 1.165) is 25.7 Å². The molecule has 1 heterocycles. The number of carbonyl (C=O) groups excluding carboxylic acids is 1. The van der Waals surface area contributed by atoms with Crippen molar-refractivity contribution in [2.45, 2.75) is 111 Å². The summed E-state index contributed by atoms with van der Waals surface area (Å²) in [6.07, 6.45) is 10.9. The quantitative estimate of drug-likeness (QED) is 0.215. The predicted octanol–water partition coefficient (Wildman–Crippen LogP) is 4.82. The van der Waals surface area contributed by atoms with Crippen molar-refractivity contribution in [3.8, 4) is 0 Å². The summed E-state index contributed by atoms with van der Waals surface area (Å²) in [5.74, 6) is 0.754. The molecule has 7 heteroatoms. The van der Waals surface area contributed by atoms with Gasteiger partial charge in [0.2, 0.25) is 5.91 Å². The molecule has 36 heavy (non-hydrogen) atoms. The van der Waals surface area contributed by atoms with E-state index in [1.807, 2.05) is 0 Å². The van der Waals surface area contributed by atoms with Crippen LogP contribution in [0.2, 0.25) is 0 Å². The van der Waals surface area contributed by atoms with E-state index in [9.17, 15) is 4.79 Å². The lowest BCUT2D eigenvalue weighted by Crippen LogP contribution is -2.41. The number of ether oxygens (including phenoxy) is 4. The number of rotatable bonds is 17. The van der Waals surface area contributed by atoms with E-state index in [0.29, 0.717) is 31.4 Å². The van der Waals surface area contributed by atoms with Crippen molar-refractivity contribution in [1.82, 2.24) is 5.32 Å². The van der Waals surface area contributed by atoms with Gasteiger partial charge in [-0.25, -0.2) is 0 Å². The van der Waals surface area contributed by atoms with Gasteiger partial charge in [0.05, 0.1) is 49.8 Å². The lowest BCUT2D eigenvalue weighted by Gasteiger charge is -2.35. The van der Waals surface area contributed by atoms with Gasteiger partial charge >= 0.3 is 0 Å². The summed E-state index contributed by atoms with van der Waals surface area (Å²) in [5, 5.41) is 11.7. The monoisotopic (exact) mass is 511 g/mol. The van der Waals surface area contributed by atoms with Gasteiger partial charge in [0.1, 0.15) is 0 Å². The van der Waals surface area contributed by atoms with Crippen LogP contribution in [-0.2, 0) is 23.7 Å². The molecule has 1 aliphatic heterocycles. The fourth-order valence-electron chi connectivity index (χ4n) is 5.02. The standard InChI is InChI=1S/C29H53NO6/c1-9-26(33-8)24(5)36-29(6,7)19-21(2)11-10-12-22(3)28-23(4)13-14-25(35-28)20-30-27(32)15-17-34-18-16-31/h10-12,21,23-26,28,31H,9,13-20H2,1-8H3,(H,30,32)/b11-10+,22-12+/t21-,23+,24-,25-,26+,28-/m1/s1. The molecule has 0 spiro atoms. The third-order valence-electron chi connectivity index (χ3n) is 6.83. The van der Waals surface area contributed by atoms with Crippen LogP contribution >= 0.6 is 0 Å². The number of amides is 1. The normalized spacial score (nSPS) is 24.0. The summed E-state index contributed by atoms with van der Waals surface area (Å²) < 4.78 is 23.4. The first-order valence-corrected chi connectivity index (χ1v) is 13.7. The van der Waals surface area contributed by atoms with Gasteiger partial charge in [0, 0.05) is 20.1 Å². The first-order chi connectivity index (χ1) is 17.0. The zero-order chi connectivity index (χ0) is 27.1. The molecule has 0 aromatic carbocycles. The van der Waals surface area contributed by atoms with Crippen LogP contribution in [0.1, 0.15) is 80.6 Å². The molecular weight excluding hydrogens is 458 g/mol. The molecule has 210 valence electrons. The van der Waals surface area contributed by atoms with Crippen molar-refractivity contribution < 1.29 is 28.8 Å². The number of aliphatic hydroxyl groups is 1. The average Bonchev–Trinajstić information content (AvgIpc) is 2.81. The van der Waals surface area contributed by atoms with E-state index in [-0.39, 0.29) is 49.1 Å². The second-order valence-corrected chi connectivity index (χ2v) is 10.9. The van der Waals surface area contributed by atoms with Gasteiger partial charge in [-0.3, -0.25) is 4.79 Å². The van der Waals surface area contributed by atoms with Gasteiger partial charge < -0.3 is 29.4 Å². The topological polar surface area (TPSA) is 86.2 Å². The highest BCUT2D eigenvalue weighted by Crippen LogP contribution is 2.29. The van der Waals surface area contributed by atoms with Crippen molar-refractivity contribution in [1.29, 1.82) is 0 Å². The van der Waals surface area contributed by atoms with Crippen LogP contribution in [0.15, 0.2) is 23.8 Å². The fourth-order valence-corrected chi connectivity index (χ4v) is 5.02. The first-order valence-electron chi connectivity index (χ1n) is 13.7. The molecule has 0 aromatic heterocycles. The Morgan fingerprint density at radius 2 is 1.97 bits per heavy atom. The van der Waals surface area contributed by atoms with Crippen molar-refractivity contribution in [2.75, 3.05) is 33.5 Å². The lowest BCUT2D eigenvalue weighted by atomic mass is 9.89. The number of carbonyl (C=O) groups is 1. The van der Waals surface area contributed by atoms with E-state index in [1.165, 1.54) is 5.57 Å².